The number of carbonyl (C=O) groups is 1. The lowest BCUT2D eigenvalue weighted by atomic mass is 10.2. The minimum absolute atomic E-state index is 0.181. The van der Waals surface area contributed by atoms with Gasteiger partial charge in [-0.25, -0.2) is 8.42 Å². The lowest BCUT2D eigenvalue weighted by Crippen LogP contribution is -2.30. The van der Waals surface area contributed by atoms with E-state index in [1.165, 1.54) is 28.6 Å². The Balaban J connectivity index is 2.62. The molecule has 1 aromatic carbocycles. The number of hydrogen-bond donors (Lipinski definition) is 1. The van der Waals surface area contributed by atoms with E-state index in [2.05, 4.69) is 5.32 Å². The number of sulfonamides is 1. The van der Waals surface area contributed by atoms with E-state index in [-0.39, 0.29) is 16.9 Å². The van der Waals surface area contributed by atoms with Crippen molar-refractivity contribution in [1.82, 2.24) is 9.62 Å². The van der Waals surface area contributed by atoms with Gasteiger partial charge in [-0.3, -0.25) is 4.79 Å². The highest BCUT2D eigenvalue weighted by molar-refractivity contribution is 7.89. The average Bonchev–Trinajstić information content (AvgIpc) is 2.55. The SMILES string of the molecule is CCN(CC)S(=O)(=O)c1ccc(C(=O)NCCCOC(C)C)cc1. The van der Waals surface area contributed by atoms with E-state index in [4.69, 9.17) is 4.74 Å². The van der Waals surface area contributed by atoms with Crippen LogP contribution >= 0.6 is 0 Å². The summed E-state index contributed by atoms with van der Waals surface area (Å²) in [5, 5.41) is 2.80. The highest BCUT2D eigenvalue weighted by Crippen LogP contribution is 2.16. The predicted molar refractivity (Wildman–Crippen MR) is 94.6 cm³/mol. The van der Waals surface area contributed by atoms with Crippen molar-refractivity contribution in [3.05, 3.63) is 29.8 Å². The monoisotopic (exact) mass is 356 g/mol. The fourth-order valence-electron chi connectivity index (χ4n) is 2.19. The lowest BCUT2D eigenvalue weighted by molar-refractivity contribution is 0.0757. The van der Waals surface area contributed by atoms with Gasteiger partial charge in [0.05, 0.1) is 11.0 Å². The van der Waals surface area contributed by atoms with Crippen LogP contribution < -0.4 is 5.32 Å². The first-order valence-electron chi connectivity index (χ1n) is 8.32. The molecule has 0 heterocycles. The molecule has 136 valence electrons. The fourth-order valence-corrected chi connectivity index (χ4v) is 3.64. The van der Waals surface area contributed by atoms with Crippen LogP contribution in [0, 0.1) is 0 Å². The Hall–Kier alpha value is -1.44. The maximum absolute atomic E-state index is 12.4. The van der Waals surface area contributed by atoms with Gasteiger partial charge in [0.25, 0.3) is 5.91 Å². The molecule has 1 N–H and O–H groups in total. The summed E-state index contributed by atoms with van der Waals surface area (Å²) in [5.41, 5.74) is 0.443. The summed E-state index contributed by atoms with van der Waals surface area (Å²) in [5.74, 6) is -0.216. The van der Waals surface area contributed by atoms with Crippen LogP contribution in [0.25, 0.3) is 0 Å². The molecule has 0 spiro atoms. The van der Waals surface area contributed by atoms with Crippen LogP contribution in [0.1, 0.15) is 44.5 Å². The predicted octanol–water partition coefficient (Wildman–Crippen LogP) is 2.26. The van der Waals surface area contributed by atoms with E-state index in [1.54, 1.807) is 13.8 Å². The summed E-state index contributed by atoms with van der Waals surface area (Å²) in [4.78, 5) is 12.2. The summed E-state index contributed by atoms with van der Waals surface area (Å²) in [6.07, 6.45) is 0.916. The fraction of sp³-hybridized carbons (Fsp3) is 0.588. The number of ether oxygens (including phenoxy) is 1. The van der Waals surface area contributed by atoms with E-state index in [0.717, 1.165) is 6.42 Å². The summed E-state index contributed by atoms with van der Waals surface area (Å²) in [7, 11) is -3.49. The molecule has 0 saturated carbocycles. The minimum Gasteiger partial charge on any atom is -0.379 e. The number of carbonyl (C=O) groups excluding carboxylic acids is 1. The molecular formula is C17H28N2O4S. The van der Waals surface area contributed by atoms with Gasteiger partial charge >= 0.3 is 0 Å². The maximum Gasteiger partial charge on any atom is 0.251 e. The zero-order valence-electron chi connectivity index (χ0n) is 14.9. The van der Waals surface area contributed by atoms with Crippen LogP contribution in [0.15, 0.2) is 29.2 Å². The van der Waals surface area contributed by atoms with Crippen LogP contribution in [0.3, 0.4) is 0 Å². The van der Waals surface area contributed by atoms with Crippen molar-refractivity contribution in [1.29, 1.82) is 0 Å². The second kappa shape index (κ2) is 9.76. The van der Waals surface area contributed by atoms with Crippen LogP contribution in [0.4, 0.5) is 0 Å². The van der Waals surface area contributed by atoms with Gasteiger partial charge in [-0.1, -0.05) is 13.8 Å². The Morgan fingerprint density at radius 3 is 2.25 bits per heavy atom. The number of nitrogens with zero attached hydrogens (tertiary/aromatic N) is 1. The lowest BCUT2D eigenvalue weighted by Gasteiger charge is -2.18. The Kier molecular flexibility index (Phi) is 8.38. The molecule has 24 heavy (non-hydrogen) atoms. The summed E-state index contributed by atoms with van der Waals surface area (Å²) >= 11 is 0. The smallest absolute Gasteiger partial charge is 0.251 e. The summed E-state index contributed by atoms with van der Waals surface area (Å²) < 4.78 is 31.6. The number of rotatable bonds is 10. The molecule has 0 atom stereocenters. The summed E-state index contributed by atoms with van der Waals surface area (Å²) in [6.45, 7) is 9.47. The normalized spacial score (nSPS) is 11.9. The Labute approximate surface area is 145 Å². The van der Waals surface area contributed by atoms with Crippen molar-refractivity contribution in [2.24, 2.45) is 0 Å². The van der Waals surface area contributed by atoms with Crippen molar-refractivity contribution < 1.29 is 17.9 Å². The Bertz CT molecular complexity index is 608. The molecule has 0 unspecified atom stereocenters. The molecule has 0 radical (unpaired) electrons. The molecule has 0 aliphatic rings. The molecule has 0 aliphatic carbocycles. The van der Waals surface area contributed by atoms with E-state index in [1.807, 2.05) is 13.8 Å². The molecule has 1 rings (SSSR count). The second-order valence-corrected chi connectivity index (χ2v) is 7.58. The number of nitrogens with one attached hydrogen (secondary N) is 1. The highest BCUT2D eigenvalue weighted by Gasteiger charge is 2.21. The molecule has 0 bridgehead atoms. The highest BCUT2D eigenvalue weighted by atomic mass is 32.2. The van der Waals surface area contributed by atoms with Crippen molar-refractivity contribution in [3.8, 4) is 0 Å². The van der Waals surface area contributed by atoms with E-state index >= 15 is 0 Å². The van der Waals surface area contributed by atoms with Crippen LogP contribution in [-0.4, -0.2) is 51.0 Å². The zero-order chi connectivity index (χ0) is 18.2. The molecule has 1 amide bonds. The molecular weight excluding hydrogens is 328 g/mol. The molecule has 0 saturated heterocycles. The molecule has 7 heteroatoms. The summed E-state index contributed by atoms with van der Waals surface area (Å²) in [6, 6.07) is 6.03. The van der Waals surface area contributed by atoms with Crippen molar-refractivity contribution in [3.63, 3.8) is 0 Å². The van der Waals surface area contributed by atoms with Crippen molar-refractivity contribution in [2.45, 2.75) is 45.1 Å². The van der Waals surface area contributed by atoms with Gasteiger partial charge in [-0.2, -0.15) is 4.31 Å². The van der Waals surface area contributed by atoms with Gasteiger partial charge in [-0.15, -0.1) is 0 Å². The molecule has 0 aliphatic heterocycles. The Morgan fingerprint density at radius 2 is 1.75 bits per heavy atom. The third kappa shape index (κ3) is 5.89. The average molecular weight is 356 g/mol. The molecule has 6 nitrogen and oxygen atoms in total. The van der Waals surface area contributed by atoms with Gasteiger partial charge in [0, 0.05) is 31.8 Å². The number of benzene rings is 1. The first-order chi connectivity index (χ1) is 11.3. The maximum atomic E-state index is 12.4. The van der Waals surface area contributed by atoms with E-state index in [0.29, 0.717) is 31.8 Å². The van der Waals surface area contributed by atoms with Gasteiger partial charge in [-0.05, 0) is 44.5 Å². The van der Waals surface area contributed by atoms with Crippen LogP contribution in [0.5, 0.6) is 0 Å². The zero-order valence-corrected chi connectivity index (χ0v) is 15.7. The molecule has 0 aromatic heterocycles. The topological polar surface area (TPSA) is 75.7 Å². The van der Waals surface area contributed by atoms with Gasteiger partial charge < -0.3 is 10.1 Å². The third-order valence-electron chi connectivity index (χ3n) is 3.52. The minimum atomic E-state index is -3.49. The first kappa shape index (κ1) is 20.6. The van der Waals surface area contributed by atoms with Gasteiger partial charge in [0.1, 0.15) is 0 Å². The Morgan fingerprint density at radius 1 is 1.17 bits per heavy atom. The second-order valence-electron chi connectivity index (χ2n) is 5.64. The van der Waals surface area contributed by atoms with Gasteiger partial charge in [0.2, 0.25) is 10.0 Å². The van der Waals surface area contributed by atoms with Crippen molar-refractivity contribution in [2.75, 3.05) is 26.2 Å². The van der Waals surface area contributed by atoms with Crippen LogP contribution in [0.2, 0.25) is 0 Å². The first-order valence-corrected chi connectivity index (χ1v) is 9.76. The number of hydrogen-bond acceptors (Lipinski definition) is 4. The molecule has 0 fully saturated rings. The van der Waals surface area contributed by atoms with Crippen molar-refractivity contribution >= 4 is 15.9 Å². The largest absolute Gasteiger partial charge is 0.379 e. The van der Waals surface area contributed by atoms with E-state index in [9.17, 15) is 13.2 Å². The standard InChI is InChI=1S/C17H28N2O4S/c1-5-19(6-2)24(21,22)16-10-8-15(9-11-16)17(20)18-12-7-13-23-14(3)4/h8-11,14H,5-7,12-13H2,1-4H3,(H,18,20). The van der Waals surface area contributed by atoms with Crippen LogP contribution in [-0.2, 0) is 14.8 Å². The van der Waals surface area contributed by atoms with Gasteiger partial charge in [0.15, 0.2) is 0 Å². The number of amides is 1. The van der Waals surface area contributed by atoms with E-state index < -0.39 is 10.0 Å². The quantitative estimate of drug-likeness (QED) is 0.653. The molecule has 1 aromatic rings. The third-order valence-corrected chi connectivity index (χ3v) is 5.58.